The number of hydrogen-bond donors (Lipinski definition) is 2. The molecule has 0 aliphatic heterocycles. The molecule has 0 fully saturated rings. The number of hydrogen-bond acceptors (Lipinski definition) is 4. The highest BCUT2D eigenvalue weighted by Crippen LogP contribution is 2.11. The van der Waals surface area contributed by atoms with Gasteiger partial charge in [-0.3, -0.25) is 9.79 Å². The maximum Gasteiger partial charge on any atom is 0.307 e. The standard InChI is InChI=1S/C16H25N3O3/c1-12(2)22-15(20)8-9-18-16(17-3)19-11-13-6-5-7-14(10-13)21-4/h5-7,10,12H,8-9,11H2,1-4H3,(H2,17,18,19). The maximum atomic E-state index is 11.4. The normalized spacial score (nSPS) is 11.2. The molecular weight excluding hydrogens is 282 g/mol. The van der Waals surface area contributed by atoms with Gasteiger partial charge < -0.3 is 20.1 Å². The molecule has 0 aliphatic rings. The molecule has 1 rings (SSSR count). The van der Waals surface area contributed by atoms with Crippen LogP contribution in [0, 0.1) is 0 Å². The molecule has 22 heavy (non-hydrogen) atoms. The Bertz CT molecular complexity index is 501. The van der Waals surface area contributed by atoms with E-state index in [0.717, 1.165) is 11.3 Å². The van der Waals surface area contributed by atoms with Gasteiger partial charge in [-0.2, -0.15) is 0 Å². The fourth-order valence-corrected chi connectivity index (χ4v) is 1.79. The number of nitrogens with one attached hydrogen (secondary N) is 2. The van der Waals surface area contributed by atoms with E-state index in [1.54, 1.807) is 14.2 Å². The third-order valence-corrected chi connectivity index (χ3v) is 2.81. The Morgan fingerprint density at radius 1 is 1.32 bits per heavy atom. The first-order chi connectivity index (χ1) is 10.5. The average molecular weight is 307 g/mol. The molecule has 0 aliphatic carbocycles. The zero-order valence-electron chi connectivity index (χ0n) is 13.7. The second kappa shape index (κ2) is 9.65. The van der Waals surface area contributed by atoms with Crippen molar-refractivity contribution in [1.29, 1.82) is 0 Å². The van der Waals surface area contributed by atoms with Crippen LogP contribution in [-0.4, -0.2) is 38.7 Å². The Morgan fingerprint density at radius 3 is 2.73 bits per heavy atom. The number of ether oxygens (including phenoxy) is 2. The smallest absolute Gasteiger partial charge is 0.307 e. The predicted molar refractivity (Wildman–Crippen MR) is 87.0 cm³/mol. The monoisotopic (exact) mass is 307 g/mol. The van der Waals surface area contributed by atoms with Crippen LogP contribution in [0.25, 0.3) is 0 Å². The molecule has 0 heterocycles. The predicted octanol–water partition coefficient (Wildman–Crippen LogP) is 1.70. The third kappa shape index (κ3) is 6.97. The Morgan fingerprint density at radius 2 is 2.09 bits per heavy atom. The lowest BCUT2D eigenvalue weighted by Gasteiger charge is -2.13. The Labute approximate surface area is 131 Å². The van der Waals surface area contributed by atoms with Crippen LogP contribution >= 0.6 is 0 Å². The number of rotatable bonds is 7. The summed E-state index contributed by atoms with van der Waals surface area (Å²) in [7, 11) is 3.33. The van der Waals surface area contributed by atoms with E-state index >= 15 is 0 Å². The third-order valence-electron chi connectivity index (χ3n) is 2.81. The van der Waals surface area contributed by atoms with Crippen molar-refractivity contribution in [1.82, 2.24) is 10.6 Å². The molecule has 1 aromatic rings. The van der Waals surface area contributed by atoms with Gasteiger partial charge in [0.05, 0.1) is 19.6 Å². The van der Waals surface area contributed by atoms with Gasteiger partial charge in [0.15, 0.2) is 5.96 Å². The summed E-state index contributed by atoms with van der Waals surface area (Å²) in [6.45, 7) is 4.76. The van der Waals surface area contributed by atoms with Crippen LogP contribution in [0.2, 0.25) is 0 Å². The first-order valence-corrected chi connectivity index (χ1v) is 7.32. The van der Waals surface area contributed by atoms with E-state index in [1.165, 1.54) is 0 Å². The molecule has 0 saturated carbocycles. The summed E-state index contributed by atoms with van der Waals surface area (Å²) >= 11 is 0. The summed E-state index contributed by atoms with van der Waals surface area (Å²) in [4.78, 5) is 15.6. The van der Waals surface area contributed by atoms with E-state index < -0.39 is 0 Å². The molecule has 0 spiro atoms. The number of nitrogens with zero attached hydrogens (tertiary/aromatic N) is 1. The van der Waals surface area contributed by atoms with Gasteiger partial charge in [-0.05, 0) is 31.5 Å². The Hall–Kier alpha value is -2.24. The van der Waals surface area contributed by atoms with E-state index in [9.17, 15) is 4.79 Å². The van der Waals surface area contributed by atoms with Gasteiger partial charge in [0.25, 0.3) is 0 Å². The lowest BCUT2D eigenvalue weighted by Crippen LogP contribution is -2.38. The van der Waals surface area contributed by atoms with E-state index in [0.29, 0.717) is 25.5 Å². The number of esters is 1. The van der Waals surface area contributed by atoms with Crippen molar-refractivity contribution in [3.63, 3.8) is 0 Å². The van der Waals surface area contributed by atoms with Crippen molar-refractivity contribution in [2.75, 3.05) is 20.7 Å². The van der Waals surface area contributed by atoms with E-state index in [1.807, 2.05) is 38.1 Å². The molecular formula is C16H25N3O3. The molecule has 0 atom stereocenters. The van der Waals surface area contributed by atoms with Crippen molar-refractivity contribution >= 4 is 11.9 Å². The van der Waals surface area contributed by atoms with Gasteiger partial charge >= 0.3 is 5.97 Å². The second-order valence-corrected chi connectivity index (χ2v) is 4.99. The number of carbonyl (C=O) groups is 1. The highest BCUT2D eigenvalue weighted by molar-refractivity contribution is 5.80. The Balaban J connectivity index is 2.35. The molecule has 2 N–H and O–H groups in total. The minimum atomic E-state index is -0.217. The fourth-order valence-electron chi connectivity index (χ4n) is 1.79. The molecule has 0 radical (unpaired) electrons. The lowest BCUT2D eigenvalue weighted by atomic mass is 10.2. The first-order valence-electron chi connectivity index (χ1n) is 7.32. The number of guanidine groups is 1. The van der Waals surface area contributed by atoms with Gasteiger partial charge in [-0.15, -0.1) is 0 Å². The fraction of sp³-hybridized carbons (Fsp3) is 0.500. The summed E-state index contributed by atoms with van der Waals surface area (Å²) in [6.07, 6.45) is 0.218. The molecule has 6 heteroatoms. The van der Waals surface area contributed by atoms with Gasteiger partial charge in [0.1, 0.15) is 5.75 Å². The summed E-state index contributed by atoms with van der Waals surface area (Å²) in [5.41, 5.74) is 1.08. The molecule has 0 amide bonds. The maximum absolute atomic E-state index is 11.4. The van der Waals surface area contributed by atoms with Gasteiger partial charge in [-0.1, -0.05) is 12.1 Å². The van der Waals surface area contributed by atoms with Crippen LogP contribution in [0.1, 0.15) is 25.8 Å². The van der Waals surface area contributed by atoms with Gasteiger partial charge in [-0.25, -0.2) is 0 Å². The molecule has 0 unspecified atom stereocenters. The number of benzene rings is 1. The van der Waals surface area contributed by atoms with Crippen LogP contribution < -0.4 is 15.4 Å². The highest BCUT2D eigenvalue weighted by atomic mass is 16.5. The van der Waals surface area contributed by atoms with Crippen molar-refractivity contribution in [3.8, 4) is 5.75 Å². The van der Waals surface area contributed by atoms with E-state index in [-0.39, 0.29) is 12.1 Å². The summed E-state index contributed by atoms with van der Waals surface area (Å²) in [5, 5.41) is 6.26. The largest absolute Gasteiger partial charge is 0.497 e. The highest BCUT2D eigenvalue weighted by Gasteiger charge is 2.06. The van der Waals surface area contributed by atoms with Crippen molar-refractivity contribution < 1.29 is 14.3 Å². The van der Waals surface area contributed by atoms with Crippen LogP contribution in [0.4, 0.5) is 0 Å². The minimum absolute atomic E-state index is 0.0852. The SMILES string of the molecule is CN=C(NCCC(=O)OC(C)C)NCc1cccc(OC)c1. The molecule has 122 valence electrons. The quantitative estimate of drug-likeness (QED) is 0.456. The zero-order chi connectivity index (χ0) is 16.4. The molecule has 1 aromatic carbocycles. The topological polar surface area (TPSA) is 72.0 Å². The van der Waals surface area contributed by atoms with Crippen LogP contribution in [0.15, 0.2) is 29.3 Å². The van der Waals surface area contributed by atoms with Crippen LogP contribution in [0.3, 0.4) is 0 Å². The molecule has 0 bridgehead atoms. The summed E-state index contributed by atoms with van der Waals surface area (Å²) in [6, 6.07) is 7.80. The van der Waals surface area contributed by atoms with Crippen LogP contribution in [-0.2, 0) is 16.1 Å². The zero-order valence-corrected chi connectivity index (χ0v) is 13.7. The molecule has 6 nitrogen and oxygen atoms in total. The van der Waals surface area contributed by atoms with E-state index in [2.05, 4.69) is 15.6 Å². The van der Waals surface area contributed by atoms with Crippen molar-refractivity contribution in [2.24, 2.45) is 4.99 Å². The first kappa shape index (κ1) is 17.8. The molecule has 0 saturated heterocycles. The molecule has 0 aromatic heterocycles. The number of aliphatic imine (C=N–C) groups is 1. The number of methoxy groups -OCH3 is 1. The van der Waals surface area contributed by atoms with E-state index in [4.69, 9.17) is 9.47 Å². The second-order valence-electron chi connectivity index (χ2n) is 4.99. The van der Waals surface area contributed by atoms with Gasteiger partial charge in [0.2, 0.25) is 0 Å². The number of carbonyl (C=O) groups excluding carboxylic acids is 1. The van der Waals surface area contributed by atoms with Crippen molar-refractivity contribution in [3.05, 3.63) is 29.8 Å². The summed E-state index contributed by atoms with van der Waals surface area (Å²) < 4.78 is 10.3. The minimum Gasteiger partial charge on any atom is -0.497 e. The lowest BCUT2D eigenvalue weighted by molar-refractivity contribution is -0.147. The van der Waals surface area contributed by atoms with Gasteiger partial charge in [0, 0.05) is 20.1 Å². The average Bonchev–Trinajstić information content (AvgIpc) is 2.50. The van der Waals surface area contributed by atoms with Crippen molar-refractivity contribution in [2.45, 2.75) is 32.9 Å². The Kier molecular flexibility index (Phi) is 7.81. The summed E-state index contributed by atoms with van der Waals surface area (Å²) in [5.74, 6) is 1.24. The van der Waals surface area contributed by atoms with Crippen LogP contribution in [0.5, 0.6) is 5.75 Å².